The lowest BCUT2D eigenvalue weighted by Gasteiger charge is -2.33. The molecule has 1 saturated carbocycles. The van der Waals surface area contributed by atoms with Gasteiger partial charge in [0.15, 0.2) is 9.84 Å². The minimum absolute atomic E-state index is 0.0233. The van der Waals surface area contributed by atoms with Gasteiger partial charge in [0, 0.05) is 30.6 Å². The molecule has 0 radical (unpaired) electrons. The minimum atomic E-state index is -3.42. The Hall–Kier alpha value is -1.93. The van der Waals surface area contributed by atoms with Crippen molar-refractivity contribution in [2.24, 2.45) is 17.1 Å². The highest BCUT2D eigenvalue weighted by molar-refractivity contribution is 7.91. The number of benzene rings is 1. The van der Waals surface area contributed by atoms with E-state index in [2.05, 4.69) is 0 Å². The second-order valence-corrected chi connectivity index (χ2v) is 10.3. The van der Waals surface area contributed by atoms with Crippen LogP contribution in [0.5, 0.6) is 5.75 Å². The van der Waals surface area contributed by atoms with Gasteiger partial charge in [0.2, 0.25) is 5.91 Å². The van der Waals surface area contributed by atoms with Crippen molar-refractivity contribution in [1.82, 2.24) is 4.90 Å². The van der Waals surface area contributed by atoms with Gasteiger partial charge in [-0.05, 0) is 55.9 Å². The molecule has 1 aromatic carbocycles. The van der Waals surface area contributed by atoms with Gasteiger partial charge in [-0.25, -0.2) is 12.8 Å². The van der Waals surface area contributed by atoms with E-state index in [4.69, 9.17) is 10.5 Å². The summed E-state index contributed by atoms with van der Waals surface area (Å²) in [5, 5.41) is 0. The molecule has 0 aromatic heterocycles. The zero-order valence-electron chi connectivity index (χ0n) is 16.8. The summed E-state index contributed by atoms with van der Waals surface area (Å²) in [7, 11) is -3.42. The third kappa shape index (κ3) is 5.36. The summed E-state index contributed by atoms with van der Waals surface area (Å²) in [6.45, 7) is 3.35. The molecule has 1 aliphatic carbocycles. The summed E-state index contributed by atoms with van der Waals surface area (Å²) in [5.41, 5.74) is 5.53. The first kappa shape index (κ1) is 21.8. The standard InChI is InChI=1S/C21H29FN2O4S/c1-21(8-9-21)20(25)24-10-6-16(7-11-24)15-29(26,27)19-4-2-18(3-5-19)28-14-17(12-22)13-23/h2-5,12,16H,6-11,13-15,23H2,1H3/b17-12+. The van der Waals surface area contributed by atoms with E-state index in [-0.39, 0.29) is 41.0 Å². The second-order valence-electron chi connectivity index (χ2n) is 8.31. The van der Waals surface area contributed by atoms with Crippen molar-refractivity contribution < 1.29 is 22.3 Å². The smallest absolute Gasteiger partial charge is 0.228 e. The Morgan fingerprint density at radius 3 is 2.41 bits per heavy atom. The van der Waals surface area contributed by atoms with Crippen LogP contribution >= 0.6 is 0 Å². The molecule has 2 aliphatic rings. The molecular formula is C21H29FN2O4S. The van der Waals surface area contributed by atoms with E-state index >= 15 is 0 Å². The predicted molar refractivity (Wildman–Crippen MR) is 109 cm³/mol. The van der Waals surface area contributed by atoms with Crippen molar-refractivity contribution in [2.45, 2.75) is 37.5 Å². The third-order valence-electron chi connectivity index (χ3n) is 5.90. The summed E-state index contributed by atoms with van der Waals surface area (Å²) in [6.07, 6.45) is 3.75. The van der Waals surface area contributed by atoms with Gasteiger partial charge < -0.3 is 15.4 Å². The van der Waals surface area contributed by atoms with Crippen LogP contribution in [-0.4, -0.2) is 51.2 Å². The van der Waals surface area contributed by atoms with E-state index < -0.39 is 9.84 Å². The van der Waals surface area contributed by atoms with Crippen LogP contribution in [0.1, 0.15) is 32.6 Å². The molecule has 2 fully saturated rings. The first-order valence-electron chi connectivity index (χ1n) is 10.0. The molecule has 0 bridgehead atoms. The number of rotatable bonds is 8. The molecule has 8 heteroatoms. The molecule has 0 spiro atoms. The topological polar surface area (TPSA) is 89.7 Å². The van der Waals surface area contributed by atoms with E-state index in [1.165, 1.54) is 12.1 Å². The number of sulfone groups is 1. The van der Waals surface area contributed by atoms with Crippen LogP contribution in [0.2, 0.25) is 0 Å². The molecule has 0 unspecified atom stereocenters. The van der Waals surface area contributed by atoms with Crippen LogP contribution < -0.4 is 10.5 Å². The lowest BCUT2D eigenvalue weighted by atomic mass is 9.97. The highest BCUT2D eigenvalue weighted by Crippen LogP contribution is 2.47. The van der Waals surface area contributed by atoms with E-state index in [0.717, 1.165) is 12.8 Å². The molecule has 1 aliphatic heterocycles. The highest BCUT2D eigenvalue weighted by Gasteiger charge is 2.47. The number of carbonyl (C=O) groups is 1. The van der Waals surface area contributed by atoms with E-state index in [0.29, 0.717) is 43.6 Å². The fraction of sp³-hybridized carbons (Fsp3) is 0.571. The Labute approximate surface area is 171 Å². The van der Waals surface area contributed by atoms with Crippen LogP contribution in [0, 0.1) is 11.3 Å². The lowest BCUT2D eigenvalue weighted by molar-refractivity contribution is -0.137. The first-order valence-corrected chi connectivity index (χ1v) is 11.7. The van der Waals surface area contributed by atoms with Crippen LogP contribution in [0.4, 0.5) is 4.39 Å². The fourth-order valence-electron chi connectivity index (χ4n) is 3.55. The van der Waals surface area contributed by atoms with Crippen molar-refractivity contribution in [2.75, 3.05) is 32.0 Å². The molecule has 1 saturated heterocycles. The zero-order valence-corrected chi connectivity index (χ0v) is 17.6. The van der Waals surface area contributed by atoms with Crippen molar-refractivity contribution >= 4 is 15.7 Å². The van der Waals surface area contributed by atoms with Crippen LogP contribution in [-0.2, 0) is 14.6 Å². The van der Waals surface area contributed by atoms with Crippen molar-refractivity contribution in [3.8, 4) is 5.75 Å². The van der Waals surface area contributed by atoms with Crippen LogP contribution in [0.25, 0.3) is 0 Å². The summed E-state index contributed by atoms with van der Waals surface area (Å²) >= 11 is 0. The third-order valence-corrected chi connectivity index (χ3v) is 7.80. The number of nitrogens with zero attached hydrogens (tertiary/aromatic N) is 1. The molecule has 1 aromatic rings. The van der Waals surface area contributed by atoms with Gasteiger partial charge in [-0.15, -0.1) is 0 Å². The number of likely N-dealkylation sites (tertiary alicyclic amines) is 1. The average molecular weight is 425 g/mol. The number of hydrogen-bond donors (Lipinski definition) is 1. The number of carbonyl (C=O) groups excluding carboxylic acids is 1. The summed E-state index contributed by atoms with van der Waals surface area (Å²) in [5.74, 6) is 0.801. The van der Waals surface area contributed by atoms with Gasteiger partial charge in [-0.1, -0.05) is 6.92 Å². The number of ether oxygens (including phenoxy) is 1. The zero-order chi connectivity index (χ0) is 21.1. The van der Waals surface area contributed by atoms with Gasteiger partial charge in [0.05, 0.1) is 17.0 Å². The maximum Gasteiger partial charge on any atom is 0.228 e. The number of hydrogen-bond acceptors (Lipinski definition) is 5. The first-order chi connectivity index (χ1) is 13.8. The fourth-order valence-corrected chi connectivity index (χ4v) is 5.24. The van der Waals surface area contributed by atoms with Crippen LogP contribution in [0.3, 0.4) is 0 Å². The molecule has 1 amide bonds. The molecule has 0 atom stereocenters. The van der Waals surface area contributed by atoms with Gasteiger partial charge >= 0.3 is 0 Å². The molecule has 29 heavy (non-hydrogen) atoms. The van der Waals surface area contributed by atoms with Gasteiger partial charge in [0.1, 0.15) is 12.4 Å². The number of amides is 1. The molecule has 1 heterocycles. The Balaban J connectivity index is 1.52. The van der Waals surface area contributed by atoms with Crippen LogP contribution in [0.15, 0.2) is 41.1 Å². The quantitative estimate of drug-likeness (QED) is 0.693. The molecular weight excluding hydrogens is 395 g/mol. The van der Waals surface area contributed by atoms with Crippen molar-refractivity contribution in [1.29, 1.82) is 0 Å². The molecule has 6 nitrogen and oxygen atoms in total. The van der Waals surface area contributed by atoms with Gasteiger partial charge in [-0.2, -0.15) is 0 Å². The summed E-state index contributed by atoms with van der Waals surface area (Å²) < 4.78 is 43.4. The second kappa shape index (κ2) is 8.83. The molecule has 3 rings (SSSR count). The number of piperidine rings is 1. The van der Waals surface area contributed by atoms with E-state index in [1.807, 2.05) is 11.8 Å². The monoisotopic (exact) mass is 424 g/mol. The van der Waals surface area contributed by atoms with Crippen molar-refractivity contribution in [3.63, 3.8) is 0 Å². The SMILES string of the molecule is CC1(C(=O)N2CCC(CS(=O)(=O)c3ccc(OC/C(=C/F)CN)cc3)CC2)CC1. The number of nitrogens with two attached hydrogens (primary N) is 1. The Kier molecular flexibility index (Phi) is 6.63. The van der Waals surface area contributed by atoms with Crippen molar-refractivity contribution in [3.05, 3.63) is 36.2 Å². The maximum absolute atomic E-state index is 12.8. The predicted octanol–water partition coefficient (Wildman–Crippen LogP) is 2.69. The Bertz CT molecular complexity index is 855. The van der Waals surface area contributed by atoms with E-state index in [9.17, 15) is 17.6 Å². The number of halogens is 1. The summed E-state index contributed by atoms with van der Waals surface area (Å²) in [6, 6.07) is 6.16. The Morgan fingerprint density at radius 2 is 1.90 bits per heavy atom. The maximum atomic E-state index is 12.8. The Morgan fingerprint density at radius 1 is 1.28 bits per heavy atom. The van der Waals surface area contributed by atoms with E-state index in [1.54, 1.807) is 12.1 Å². The lowest BCUT2D eigenvalue weighted by Crippen LogP contribution is -2.42. The molecule has 160 valence electrons. The highest BCUT2D eigenvalue weighted by atomic mass is 32.2. The minimum Gasteiger partial charge on any atom is -0.489 e. The van der Waals surface area contributed by atoms with Gasteiger partial charge in [-0.3, -0.25) is 4.79 Å². The normalized spacial score (nSPS) is 19.8. The van der Waals surface area contributed by atoms with Gasteiger partial charge in [0.25, 0.3) is 0 Å². The molecule has 2 N–H and O–H groups in total. The largest absolute Gasteiger partial charge is 0.489 e. The summed E-state index contributed by atoms with van der Waals surface area (Å²) in [4.78, 5) is 14.6. The average Bonchev–Trinajstić information content (AvgIpc) is 3.47.